The van der Waals surface area contributed by atoms with E-state index in [1.807, 2.05) is 60.7 Å². The summed E-state index contributed by atoms with van der Waals surface area (Å²) in [5, 5.41) is 1.16. The highest BCUT2D eigenvalue weighted by Crippen LogP contribution is 2.50. The summed E-state index contributed by atoms with van der Waals surface area (Å²) < 4.78 is 12.5. The maximum atomic E-state index is 13.1. The number of nitrogens with zero attached hydrogens (tertiary/aromatic N) is 2. The maximum Gasteiger partial charge on any atom is 0.246 e. The van der Waals surface area contributed by atoms with E-state index in [4.69, 9.17) is 55.9 Å². The Morgan fingerprint density at radius 3 is 1.33 bits per heavy atom. The van der Waals surface area contributed by atoms with E-state index >= 15 is 0 Å². The number of carbonyl (C=O) groups is 2. The largest absolute Gasteiger partial charge is 0.378 e. The predicted molar refractivity (Wildman–Crippen MR) is 216 cm³/mol. The molecule has 0 N–H and O–H groups in total. The van der Waals surface area contributed by atoms with Gasteiger partial charge in [0.25, 0.3) is 0 Å². The van der Waals surface area contributed by atoms with Crippen molar-refractivity contribution in [2.75, 3.05) is 52.6 Å². The molecule has 0 aliphatic carbocycles. The lowest BCUT2D eigenvalue weighted by Gasteiger charge is -2.25. The smallest absolute Gasteiger partial charge is 0.246 e. The van der Waals surface area contributed by atoms with Crippen LogP contribution in [0.2, 0.25) is 20.1 Å². The van der Waals surface area contributed by atoms with E-state index in [1.165, 1.54) is 23.9 Å². The third kappa shape index (κ3) is 8.91. The zero-order chi connectivity index (χ0) is 36.1. The molecule has 2 amide bonds. The van der Waals surface area contributed by atoms with E-state index in [0.29, 0.717) is 83.6 Å². The molecule has 6 rings (SSSR count). The van der Waals surface area contributed by atoms with Crippen LogP contribution in [-0.2, 0) is 19.1 Å². The highest BCUT2D eigenvalue weighted by atomic mass is 79.9. The van der Waals surface area contributed by atoms with Crippen molar-refractivity contribution in [1.82, 2.24) is 9.80 Å². The number of benzene rings is 4. The fourth-order valence-corrected chi connectivity index (χ4v) is 8.88. The molecule has 0 spiro atoms. The van der Waals surface area contributed by atoms with Crippen LogP contribution < -0.4 is 0 Å². The first-order valence-electron chi connectivity index (χ1n) is 15.9. The van der Waals surface area contributed by atoms with Crippen LogP contribution in [0.1, 0.15) is 11.1 Å². The van der Waals surface area contributed by atoms with Crippen molar-refractivity contribution in [1.29, 1.82) is 0 Å². The van der Waals surface area contributed by atoms with Gasteiger partial charge in [-0.05, 0) is 58.7 Å². The first-order valence-corrected chi connectivity index (χ1v) is 19.9. The Hall–Kier alpha value is -2.31. The fourth-order valence-electron chi connectivity index (χ4n) is 5.72. The van der Waals surface area contributed by atoms with Gasteiger partial charge in [-0.25, -0.2) is 0 Å². The quantitative estimate of drug-likeness (QED) is 0.165. The molecule has 0 radical (unpaired) electrons. The third-order valence-corrected chi connectivity index (χ3v) is 12.9. The van der Waals surface area contributed by atoms with Crippen molar-refractivity contribution in [3.05, 3.63) is 113 Å². The molecule has 2 heterocycles. The Labute approximate surface area is 337 Å². The Morgan fingerprint density at radius 2 is 0.961 bits per heavy atom. The molecule has 4 aromatic rings. The van der Waals surface area contributed by atoms with Gasteiger partial charge in [0.1, 0.15) is 0 Å². The summed E-state index contributed by atoms with van der Waals surface area (Å²) in [6.07, 6.45) is 6.46. The van der Waals surface area contributed by atoms with Crippen molar-refractivity contribution >= 4 is 114 Å². The van der Waals surface area contributed by atoms with E-state index < -0.39 is 0 Å². The van der Waals surface area contributed by atoms with E-state index in [9.17, 15) is 9.59 Å². The Kier molecular flexibility index (Phi) is 13.3. The number of hydrogen-bond donors (Lipinski definition) is 0. The summed E-state index contributed by atoms with van der Waals surface area (Å²) in [6, 6.07) is 19.4. The molecule has 0 aromatic heterocycles. The molecule has 2 aliphatic heterocycles. The second-order valence-corrected chi connectivity index (χ2v) is 15.8. The maximum absolute atomic E-state index is 13.1. The minimum atomic E-state index is -0.135. The lowest BCUT2D eigenvalue weighted by Crippen LogP contribution is -2.39. The van der Waals surface area contributed by atoms with Crippen LogP contribution in [0.5, 0.6) is 0 Å². The van der Waals surface area contributed by atoms with Crippen molar-refractivity contribution < 1.29 is 19.1 Å². The first-order chi connectivity index (χ1) is 24.6. The summed E-state index contributed by atoms with van der Waals surface area (Å²) in [4.78, 5) is 30.9. The van der Waals surface area contributed by atoms with Crippen molar-refractivity contribution in [2.45, 2.75) is 9.79 Å². The number of morpholine rings is 2. The Bertz CT molecular complexity index is 1890. The van der Waals surface area contributed by atoms with E-state index in [1.54, 1.807) is 22.0 Å². The van der Waals surface area contributed by atoms with Gasteiger partial charge in [-0.1, -0.05) is 126 Å². The number of ether oxygens (including phenoxy) is 2. The third-order valence-electron chi connectivity index (χ3n) is 8.40. The first kappa shape index (κ1) is 38.4. The van der Waals surface area contributed by atoms with Gasteiger partial charge in [-0.2, -0.15) is 0 Å². The lowest BCUT2D eigenvalue weighted by molar-refractivity contribution is -0.130. The second kappa shape index (κ2) is 17.7. The van der Waals surface area contributed by atoms with Gasteiger partial charge in [0.15, 0.2) is 0 Å². The molecule has 4 aromatic carbocycles. The number of hydrogen-bond acceptors (Lipinski definition) is 5. The molecule has 0 unspecified atom stereocenters. The average Bonchev–Trinajstić information content (AvgIpc) is 3.15. The van der Waals surface area contributed by atoms with Crippen molar-refractivity contribution in [3.8, 4) is 22.3 Å². The monoisotopic (exact) mass is 908 g/mol. The summed E-state index contributed by atoms with van der Waals surface area (Å²) in [6.45, 7) is 4.09. The zero-order valence-electron chi connectivity index (χ0n) is 26.9. The highest BCUT2D eigenvalue weighted by molar-refractivity contribution is 9.11. The van der Waals surface area contributed by atoms with Gasteiger partial charge < -0.3 is 19.3 Å². The predicted octanol–water partition coefficient (Wildman–Crippen LogP) is 11.1. The SMILES string of the molecule is O=C(/C=C/c1c(-c2ccccc2Br)cc(Sc2cc(-c3ccccc3Br)c(/C=C/C(=O)N3CCOCC3)c(Cl)c2Cl)c(Cl)c1Cl)N1CCOCC1. The molecule has 0 bridgehead atoms. The number of halogens is 6. The van der Waals surface area contributed by atoms with Gasteiger partial charge in [0.2, 0.25) is 11.8 Å². The number of amides is 2. The van der Waals surface area contributed by atoms with Gasteiger partial charge in [0, 0.05) is 68.2 Å². The molecule has 51 heavy (non-hydrogen) atoms. The molecule has 6 nitrogen and oxygen atoms in total. The second-order valence-electron chi connectivity index (χ2n) is 11.5. The van der Waals surface area contributed by atoms with Gasteiger partial charge in [-0.15, -0.1) is 0 Å². The summed E-state index contributed by atoms with van der Waals surface area (Å²) in [5.41, 5.74) is 4.45. The topological polar surface area (TPSA) is 59.1 Å². The van der Waals surface area contributed by atoms with Crippen LogP contribution in [0.15, 0.2) is 91.6 Å². The van der Waals surface area contributed by atoms with Crippen LogP contribution in [0, 0.1) is 0 Å². The van der Waals surface area contributed by atoms with Crippen LogP contribution >= 0.6 is 90.0 Å². The molecular weight excluding hydrogens is 882 g/mol. The minimum absolute atomic E-state index is 0.135. The van der Waals surface area contributed by atoms with Crippen LogP contribution in [0.4, 0.5) is 0 Å². The molecule has 2 saturated heterocycles. The average molecular weight is 912 g/mol. The van der Waals surface area contributed by atoms with Crippen molar-refractivity contribution in [3.63, 3.8) is 0 Å². The van der Waals surface area contributed by atoms with Crippen molar-refractivity contribution in [2.24, 2.45) is 0 Å². The molecule has 0 atom stereocenters. The van der Waals surface area contributed by atoms with E-state index in [2.05, 4.69) is 31.9 Å². The highest BCUT2D eigenvalue weighted by Gasteiger charge is 2.23. The Morgan fingerprint density at radius 1 is 0.588 bits per heavy atom. The number of rotatable bonds is 8. The normalized spacial score (nSPS) is 15.3. The molecule has 13 heteroatoms. The zero-order valence-corrected chi connectivity index (χ0v) is 34.0. The molecule has 2 aliphatic rings. The van der Waals surface area contributed by atoms with Crippen LogP contribution in [0.25, 0.3) is 34.4 Å². The molecule has 264 valence electrons. The summed E-state index contributed by atoms with van der Waals surface area (Å²) in [7, 11) is 0. The van der Waals surface area contributed by atoms with Gasteiger partial charge >= 0.3 is 0 Å². The van der Waals surface area contributed by atoms with Crippen LogP contribution in [-0.4, -0.2) is 74.2 Å². The minimum Gasteiger partial charge on any atom is -0.378 e. The molecule has 0 saturated carbocycles. The van der Waals surface area contributed by atoms with E-state index in [-0.39, 0.29) is 21.9 Å². The fraction of sp³-hybridized carbons (Fsp3) is 0.211. The lowest BCUT2D eigenvalue weighted by atomic mass is 9.99. The van der Waals surface area contributed by atoms with E-state index in [0.717, 1.165) is 31.2 Å². The summed E-state index contributed by atoms with van der Waals surface area (Å²) in [5.74, 6) is -0.271. The number of carbonyl (C=O) groups excluding carboxylic acids is 2. The van der Waals surface area contributed by atoms with Gasteiger partial charge in [-0.3, -0.25) is 9.59 Å². The molecule has 2 fully saturated rings. The van der Waals surface area contributed by atoms with Gasteiger partial charge in [0.05, 0.1) is 46.5 Å². The van der Waals surface area contributed by atoms with Crippen LogP contribution in [0.3, 0.4) is 0 Å². The Balaban J connectivity index is 1.43. The molecular formula is C38H30Br2Cl4N2O4S. The standard InChI is InChI=1S/C38H30Br2Cl4N2O4S/c39-29-7-3-1-5-23(29)27-21-31(37(43)35(41)25(27)9-11-33(47)45-13-17-49-18-14-45)51-32-22-28(24-6-2-4-8-30(24)40)26(36(42)38(32)44)10-12-34(48)46-15-19-50-20-16-46/h1-12,21-22H,13-20H2/b11-9+,12-10+. The summed E-state index contributed by atoms with van der Waals surface area (Å²) >= 11 is 36.8.